The molecule has 3 atom stereocenters. The number of Topliss-reactive ketones (excluding diaryl/α,β-unsaturated/α-hetero) is 1. The summed E-state index contributed by atoms with van der Waals surface area (Å²) in [5.41, 5.74) is 0. The van der Waals surface area contributed by atoms with Crippen LogP contribution in [0.5, 0.6) is 0 Å². The van der Waals surface area contributed by atoms with Crippen LogP contribution in [0.4, 0.5) is 0 Å². The summed E-state index contributed by atoms with van der Waals surface area (Å²) in [6.45, 7) is 2.23. The first-order valence-corrected chi connectivity index (χ1v) is 4.48. The van der Waals surface area contributed by atoms with Gasteiger partial charge in [-0.15, -0.1) is 0 Å². The maximum Gasteiger partial charge on any atom is 0.140 e. The van der Waals surface area contributed by atoms with E-state index in [-0.39, 0.29) is 0 Å². The van der Waals surface area contributed by atoms with Crippen LogP contribution in [0, 0.1) is 17.8 Å². The van der Waals surface area contributed by atoms with Crippen molar-refractivity contribution in [3.05, 3.63) is 12.2 Å². The molecule has 0 aliphatic heterocycles. The van der Waals surface area contributed by atoms with Crippen molar-refractivity contribution in [2.45, 2.75) is 26.2 Å². The summed E-state index contributed by atoms with van der Waals surface area (Å²) in [7, 11) is 0. The van der Waals surface area contributed by atoms with Crippen LogP contribution in [-0.4, -0.2) is 5.78 Å². The average molecular weight is 150 g/mol. The van der Waals surface area contributed by atoms with Crippen molar-refractivity contribution in [1.29, 1.82) is 0 Å². The fraction of sp³-hybridized carbons (Fsp3) is 0.700. The number of carbonyl (C=O) groups excluding carboxylic acids is 1. The highest BCUT2D eigenvalue weighted by Crippen LogP contribution is 2.38. The predicted molar refractivity (Wildman–Crippen MR) is 44.1 cm³/mol. The molecule has 60 valence electrons. The summed E-state index contributed by atoms with van der Waals surface area (Å²) in [6.07, 6.45) is 7.52. The number of carbonyl (C=O) groups is 1. The summed E-state index contributed by atoms with van der Waals surface area (Å²) < 4.78 is 0. The van der Waals surface area contributed by atoms with E-state index >= 15 is 0 Å². The number of allylic oxidation sites excluding steroid dienone is 2. The van der Waals surface area contributed by atoms with Gasteiger partial charge in [-0.05, 0) is 24.7 Å². The molecule has 0 spiro atoms. The zero-order valence-electron chi connectivity index (χ0n) is 6.92. The molecule has 2 aliphatic carbocycles. The molecular formula is C10H14O. The van der Waals surface area contributed by atoms with Gasteiger partial charge in [0.05, 0.1) is 0 Å². The molecule has 1 nitrogen and oxygen atoms in total. The summed E-state index contributed by atoms with van der Waals surface area (Å²) in [4.78, 5) is 11.3. The van der Waals surface area contributed by atoms with E-state index in [1.54, 1.807) is 0 Å². The zero-order valence-corrected chi connectivity index (χ0v) is 6.92. The van der Waals surface area contributed by atoms with Gasteiger partial charge in [-0.1, -0.05) is 19.1 Å². The van der Waals surface area contributed by atoms with Gasteiger partial charge in [0, 0.05) is 12.3 Å². The van der Waals surface area contributed by atoms with Crippen LogP contribution in [-0.2, 0) is 4.79 Å². The van der Waals surface area contributed by atoms with Crippen LogP contribution in [0.1, 0.15) is 26.2 Å². The maximum absolute atomic E-state index is 11.3. The van der Waals surface area contributed by atoms with E-state index in [9.17, 15) is 4.79 Å². The van der Waals surface area contributed by atoms with E-state index in [2.05, 4.69) is 19.1 Å². The van der Waals surface area contributed by atoms with Crippen LogP contribution >= 0.6 is 0 Å². The topological polar surface area (TPSA) is 17.1 Å². The van der Waals surface area contributed by atoms with Crippen molar-refractivity contribution < 1.29 is 4.79 Å². The maximum atomic E-state index is 11.3. The minimum atomic E-state index is 0.297. The Kier molecular flexibility index (Phi) is 1.59. The van der Waals surface area contributed by atoms with Crippen molar-refractivity contribution in [2.75, 3.05) is 0 Å². The smallest absolute Gasteiger partial charge is 0.140 e. The van der Waals surface area contributed by atoms with Gasteiger partial charge in [0.25, 0.3) is 0 Å². The molecule has 2 aliphatic rings. The second kappa shape index (κ2) is 2.47. The first kappa shape index (κ1) is 7.08. The van der Waals surface area contributed by atoms with Gasteiger partial charge in [-0.25, -0.2) is 0 Å². The zero-order chi connectivity index (χ0) is 7.84. The lowest BCUT2D eigenvalue weighted by atomic mass is 9.82. The summed E-state index contributed by atoms with van der Waals surface area (Å²) >= 11 is 0. The van der Waals surface area contributed by atoms with Crippen molar-refractivity contribution in [3.63, 3.8) is 0 Å². The van der Waals surface area contributed by atoms with Crippen molar-refractivity contribution >= 4 is 5.78 Å². The lowest BCUT2D eigenvalue weighted by molar-refractivity contribution is -0.120. The van der Waals surface area contributed by atoms with Crippen LogP contribution in [0.2, 0.25) is 0 Å². The highest BCUT2D eigenvalue weighted by atomic mass is 16.1. The van der Waals surface area contributed by atoms with Crippen LogP contribution in [0.15, 0.2) is 12.2 Å². The highest BCUT2D eigenvalue weighted by Gasteiger charge is 2.35. The Morgan fingerprint density at radius 1 is 1.45 bits per heavy atom. The summed E-state index contributed by atoms with van der Waals surface area (Å²) in [5.74, 6) is 2.15. The summed E-state index contributed by atoms with van der Waals surface area (Å²) in [5, 5.41) is 0. The van der Waals surface area contributed by atoms with Gasteiger partial charge in [0.15, 0.2) is 0 Å². The van der Waals surface area contributed by atoms with E-state index in [0.717, 1.165) is 12.8 Å². The van der Waals surface area contributed by atoms with Crippen molar-refractivity contribution in [2.24, 2.45) is 17.8 Å². The molecule has 0 aromatic rings. The monoisotopic (exact) mass is 150 g/mol. The lowest BCUT2D eigenvalue weighted by Crippen LogP contribution is -2.18. The number of ketones is 1. The van der Waals surface area contributed by atoms with E-state index in [0.29, 0.717) is 23.5 Å². The Morgan fingerprint density at radius 3 is 3.09 bits per heavy atom. The second-order valence-electron chi connectivity index (χ2n) is 3.89. The Bertz CT molecular complexity index is 205. The van der Waals surface area contributed by atoms with Gasteiger partial charge in [0.1, 0.15) is 5.78 Å². The lowest BCUT2D eigenvalue weighted by Gasteiger charge is -2.22. The van der Waals surface area contributed by atoms with Gasteiger partial charge < -0.3 is 0 Å². The van der Waals surface area contributed by atoms with Crippen LogP contribution in [0.3, 0.4) is 0 Å². The first-order valence-electron chi connectivity index (χ1n) is 4.48. The van der Waals surface area contributed by atoms with E-state index in [4.69, 9.17) is 0 Å². The van der Waals surface area contributed by atoms with Crippen LogP contribution in [0.25, 0.3) is 0 Å². The molecule has 2 rings (SSSR count). The van der Waals surface area contributed by atoms with E-state index < -0.39 is 0 Å². The predicted octanol–water partition coefficient (Wildman–Crippen LogP) is 2.18. The molecule has 0 aromatic carbocycles. The van der Waals surface area contributed by atoms with Crippen molar-refractivity contribution in [3.8, 4) is 0 Å². The molecule has 1 heteroatoms. The second-order valence-corrected chi connectivity index (χ2v) is 3.89. The number of hydrogen-bond donors (Lipinski definition) is 0. The molecule has 1 fully saturated rings. The minimum Gasteiger partial charge on any atom is -0.299 e. The molecule has 11 heavy (non-hydrogen) atoms. The minimum absolute atomic E-state index is 0.297. The molecule has 3 unspecified atom stereocenters. The Balaban J connectivity index is 2.19. The normalized spacial score (nSPS) is 42.6. The largest absolute Gasteiger partial charge is 0.299 e. The fourth-order valence-corrected chi connectivity index (χ4v) is 2.33. The highest BCUT2D eigenvalue weighted by molar-refractivity contribution is 5.85. The van der Waals surface area contributed by atoms with Gasteiger partial charge in [-0.2, -0.15) is 0 Å². The Morgan fingerprint density at radius 2 is 2.27 bits per heavy atom. The summed E-state index contributed by atoms with van der Waals surface area (Å²) in [6, 6.07) is 0. The van der Waals surface area contributed by atoms with Crippen LogP contribution < -0.4 is 0 Å². The third kappa shape index (κ3) is 1.13. The molecule has 0 N–H and O–H groups in total. The van der Waals surface area contributed by atoms with Gasteiger partial charge in [-0.3, -0.25) is 4.79 Å². The molecule has 0 bridgehead atoms. The Hall–Kier alpha value is -0.590. The Labute approximate surface area is 67.5 Å². The standard InChI is InChI=1S/C10H14O/c1-7-2-4-9-8(6-7)3-5-10(9)11/h2,4,7-9H,3,5-6H2,1H3. The number of hydrogen-bond acceptors (Lipinski definition) is 1. The molecule has 0 saturated heterocycles. The van der Waals surface area contributed by atoms with Gasteiger partial charge in [0.2, 0.25) is 0 Å². The molecule has 0 radical (unpaired) electrons. The first-order chi connectivity index (χ1) is 5.27. The SMILES string of the molecule is CC1C=CC2C(=O)CCC2C1. The average Bonchev–Trinajstić information content (AvgIpc) is 2.32. The number of fused-ring (bicyclic) bond motifs is 1. The third-order valence-corrected chi connectivity index (χ3v) is 2.96. The third-order valence-electron chi connectivity index (χ3n) is 2.96. The van der Waals surface area contributed by atoms with Gasteiger partial charge >= 0.3 is 0 Å². The molecule has 0 heterocycles. The molecular weight excluding hydrogens is 136 g/mol. The number of rotatable bonds is 0. The van der Waals surface area contributed by atoms with Crippen molar-refractivity contribution in [1.82, 2.24) is 0 Å². The molecule has 0 amide bonds. The van der Waals surface area contributed by atoms with E-state index in [1.807, 2.05) is 0 Å². The fourth-order valence-electron chi connectivity index (χ4n) is 2.33. The molecule has 0 aromatic heterocycles. The quantitative estimate of drug-likeness (QED) is 0.484. The molecule has 1 saturated carbocycles. The van der Waals surface area contributed by atoms with E-state index in [1.165, 1.54) is 6.42 Å².